The summed E-state index contributed by atoms with van der Waals surface area (Å²) in [5.41, 5.74) is 0. The Labute approximate surface area is 151 Å². The zero-order valence-electron chi connectivity index (χ0n) is 15.8. The molecule has 1 atom stereocenters. The van der Waals surface area contributed by atoms with Crippen LogP contribution < -0.4 is 5.32 Å². The van der Waals surface area contributed by atoms with Crippen LogP contribution in [0.2, 0.25) is 0 Å². The smallest absolute Gasteiger partial charge is 0.219 e. The van der Waals surface area contributed by atoms with Gasteiger partial charge in [-0.25, -0.2) is 0 Å². The lowest BCUT2D eigenvalue weighted by molar-refractivity contribution is -0.130. The zero-order valence-corrected chi connectivity index (χ0v) is 15.8. The van der Waals surface area contributed by atoms with Crippen LogP contribution in [0.1, 0.15) is 33.1 Å². The summed E-state index contributed by atoms with van der Waals surface area (Å²) in [5.74, 6) is 1.88. The molecule has 2 saturated heterocycles. The first-order chi connectivity index (χ1) is 12.2. The van der Waals surface area contributed by atoms with Gasteiger partial charge in [-0.15, -0.1) is 0 Å². The molecule has 3 heterocycles. The van der Waals surface area contributed by atoms with Crippen molar-refractivity contribution >= 4 is 11.9 Å². The number of rotatable bonds is 4. The Kier molecular flexibility index (Phi) is 6.34. The minimum Gasteiger partial charge on any atom is -0.357 e. The van der Waals surface area contributed by atoms with Crippen LogP contribution in [0.15, 0.2) is 17.1 Å². The monoisotopic (exact) mass is 347 g/mol. The van der Waals surface area contributed by atoms with E-state index in [1.165, 1.54) is 6.42 Å². The Morgan fingerprint density at radius 1 is 1.12 bits per heavy atom. The summed E-state index contributed by atoms with van der Waals surface area (Å²) in [4.78, 5) is 23.3. The summed E-state index contributed by atoms with van der Waals surface area (Å²) in [5, 5.41) is 3.48. The third kappa shape index (κ3) is 4.75. The van der Waals surface area contributed by atoms with E-state index in [4.69, 9.17) is 4.99 Å². The van der Waals surface area contributed by atoms with Gasteiger partial charge in [0.05, 0.1) is 0 Å². The van der Waals surface area contributed by atoms with Crippen LogP contribution >= 0.6 is 0 Å². The van der Waals surface area contributed by atoms with Gasteiger partial charge in [-0.2, -0.15) is 0 Å². The van der Waals surface area contributed by atoms with E-state index in [0.717, 1.165) is 71.2 Å². The molecule has 3 rings (SSSR count). The van der Waals surface area contributed by atoms with Crippen molar-refractivity contribution < 1.29 is 4.79 Å². The number of nitrogens with zero attached hydrogens (tertiary/aromatic N) is 4. The van der Waals surface area contributed by atoms with Crippen LogP contribution in [0, 0.1) is 5.92 Å². The number of guanidine groups is 1. The third-order valence-corrected chi connectivity index (χ3v) is 5.72. The molecule has 0 aromatic carbocycles. The molecule has 140 valence electrons. The lowest BCUT2D eigenvalue weighted by Crippen LogP contribution is -2.43. The Bertz CT molecular complexity index is 502. The van der Waals surface area contributed by atoms with Gasteiger partial charge in [-0.1, -0.05) is 12.2 Å². The maximum atomic E-state index is 11.4. The van der Waals surface area contributed by atoms with Gasteiger partial charge in [0.1, 0.15) is 0 Å². The number of amides is 1. The maximum absolute atomic E-state index is 11.4. The van der Waals surface area contributed by atoms with E-state index in [0.29, 0.717) is 12.0 Å². The van der Waals surface area contributed by atoms with Crippen LogP contribution in [0.4, 0.5) is 0 Å². The fraction of sp³-hybridized carbons (Fsp3) is 0.789. The first-order valence-corrected chi connectivity index (χ1v) is 9.85. The Morgan fingerprint density at radius 2 is 1.80 bits per heavy atom. The van der Waals surface area contributed by atoms with Gasteiger partial charge in [0.25, 0.3) is 0 Å². The number of carbonyl (C=O) groups excluding carboxylic acids is 1. The van der Waals surface area contributed by atoms with E-state index >= 15 is 0 Å². The molecule has 25 heavy (non-hydrogen) atoms. The minimum absolute atomic E-state index is 0.204. The molecular weight excluding hydrogens is 314 g/mol. The summed E-state index contributed by atoms with van der Waals surface area (Å²) in [6.07, 6.45) is 7.92. The summed E-state index contributed by atoms with van der Waals surface area (Å²) in [7, 11) is 0. The second-order valence-electron chi connectivity index (χ2n) is 7.46. The van der Waals surface area contributed by atoms with E-state index in [9.17, 15) is 4.79 Å². The molecule has 6 nitrogen and oxygen atoms in total. The minimum atomic E-state index is 0.204. The fourth-order valence-electron chi connectivity index (χ4n) is 4.10. The van der Waals surface area contributed by atoms with E-state index in [1.54, 1.807) is 6.92 Å². The lowest BCUT2D eigenvalue weighted by atomic mass is 9.97. The van der Waals surface area contributed by atoms with Gasteiger partial charge in [-0.05, 0) is 32.1 Å². The topological polar surface area (TPSA) is 51.2 Å². The summed E-state index contributed by atoms with van der Waals surface area (Å²) < 4.78 is 0. The van der Waals surface area contributed by atoms with Crippen LogP contribution in [0.3, 0.4) is 0 Å². The molecule has 0 radical (unpaired) electrons. The molecule has 3 aliphatic heterocycles. The lowest BCUT2D eigenvalue weighted by Gasteiger charge is -2.31. The van der Waals surface area contributed by atoms with Gasteiger partial charge in [0, 0.05) is 65.3 Å². The van der Waals surface area contributed by atoms with Crippen LogP contribution in [0.5, 0.6) is 0 Å². The van der Waals surface area contributed by atoms with Crippen molar-refractivity contribution in [3.8, 4) is 0 Å². The molecular formula is C19H33N5O. The molecule has 0 bridgehead atoms. The highest BCUT2D eigenvalue weighted by atomic mass is 16.2. The first kappa shape index (κ1) is 18.2. The first-order valence-electron chi connectivity index (χ1n) is 9.85. The average molecular weight is 348 g/mol. The Hall–Kier alpha value is -1.56. The number of piperidine rings is 1. The predicted octanol–water partition coefficient (Wildman–Crippen LogP) is 1.16. The highest BCUT2D eigenvalue weighted by Crippen LogP contribution is 2.20. The Morgan fingerprint density at radius 3 is 2.44 bits per heavy atom. The Balaban J connectivity index is 1.50. The highest BCUT2D eigenvalue weighted by Gasteiger charge is 2.29. The molecule has 1 N–H and O–H groups in total. The van der Waals surface area contributed by atoms with Crippen molar-refractivity contribution in [3.05, 3.63) is 12.2 Å². The number of aliphatic imine (C=N–C) groups is 1. The van der Waals surface area contributed by atoms with Crippen molar-refractivity contribution in [2.45, 2.75) is 39.2 Å². The molecule has 1 unspecified atom stereocenters. The second-order valence-corrected chi connectivity index (χ2v) is 7.46. The number of nitrogens with one attached hydrogen (secondary N) is 1. The molecule has 6 heteroatoms. The highest BCUT2D eigenvalue weighted by molar-refractivity contribution is 5.80. The average Bonchev–Trinajstić information content (AvgIpc) is 3.30. The summed E-state index contributed by atoms with van der Waals surface area (Å²) >= 11 is 0. The third-order valence-electron chi connectivity index (χ3n) is 5.72. The standard InChI is InChI=1S/C19H33N5O/c1-3-20-19(21-14-17-6-11-22(12-7-17)16(2)25)24-13-8-18(15-24)23-9-4-5-10-23/h4-5,17-18H,3,6-15H2,1-2H3,(H,20,21). The fourth-order valence-corrected chi connectivity index (χ4v) is 4.10. The summed E-state index contributed by atoms with van der Waals surface area (Å²) in [6, 6.07) is 0.651. The van der Waals surface area contributed by atoms with E-state index in [1.807, 2.05) is 4.90 Å². The largest absolute Gasteiger partial charge is 0.357 e. The van der Waals surface area contributed by atoms with Crippen molar-refractivity contribution in [2.75, 3.05) is 52.4 Å². The van der Waals surface area contributed by atoms with Gasteiger partial charge in [0.2, 0.25) is 5.91 Å². The molecule has 2 fully saturated rings. The van der Waals surface area contributed by atoms with Crippen molar-refractivity contribution in [2.24, 2.45) is 10.9 Å². The molecule has 0 aromatic heterocycles. The number of carbonyl (C=O) groups is 1. The van der Waals surface area contributed by atoms with Gasteiger partial charge in [-0.3, -0.25) is 14.7 Å². The SMILES string of the molecule is CCNC(=NCC1CCN(C(C)=O)CC1)N1CCC(N2CC=CC2)C1. The van der Waals surface area contributed by atoms with Gasteiger partial charge in [0.15, 0.2) is 5.96 Å². The van der Waals surface area contributed by atoms with Crippen LogP contribution in [-0.2, 0) is 4.79 Å². The van der Waals surface area contributed by atoms with E-state index in [2.05, 4.69) is 34.2 Å². The number of likely N-dealkylation sites (tertiary alicyclic amines) is 2. The van der Waals surface area contributed by atoms with Crippen LogP contribution in [-0.4, -0.2) is 85.0 Å². The van der Waals surface area contributed by atoms with Crippen molar-refractivity contribution in [1.29, 1.82) is 0 Å². The molecule has 1 amide bonds. The molecule has 0 spiro atoms. The van der Waals surface area contributed by atoms with Crippen molar-refractivity contribution in [3.63, 3.8) is 0 Å². The van der Waals surface area contributed by atoms with Crippen molar-refractivity contribution in [1.82, 2.24) is 20.0 Å². The summed E-state index contributed by atoms with van der Waals surface area (Å²) in [6.45, 7) is 11.7. The maximum Gasteiger partial charge on any atom is 0.219 e. The zero-order chi connectivity index (χ0) is 17.6. The molecule has 0 saturated carbocycles. The van der Waals surface area contributed by atoms with Gasteiger partial charge >= 0.3 is 0 Å². The number of hydrogen-bond acceptors (Lipinski definition) is 3. The van der Waals surface area contributed by atoms with Gasteiger partial charge < -0.3 is 15.1 Å². The van der Waals surface area contributed by atoms with E-state index in [-0.39, 0.29) is 5.91 Å². The van der Waals surface area contributed by atoms with Crippen LogP contribution in [0.25, 0.3) is 0 Å². The molecule has 3 aliphatic rings. The quantitative estimate of drug-likeness (QED) is 0.471. The predicted molar refractivity (Wildman–Crippen MR) is 102 cm³/mol. The second kappa shape index (κ2) is 8.70. The normalized spacial score (nSPS) is 25.8. The number of hydrogen-bond donors (Lipinski definition) is 1. The van der Waals surface area contributed by atoms with E-state index < -0.39 is 0 Å². The molecule has 0 aliphatic carbocycles. The molecule has 0 aromatic rings.